The minimum atomic E-state index is -0.453. The van der Waals surface area contributed by atoms with Gasteiger partial charge in [0.15, 0.2) is 0 Å². The first-order valence-corrected chi connectivity index (χ1v) is 13.2. The molecule has 0 aliphatic carbocycles. The van der Waals surface area contributed by atoms with Crippen LogP contribution in [0.15, 0.2) is 93.4 Å². The van der Waals surface area contributed by atoms with Gasteiger partial charge in [0.1, 0.15) is 10.9 Å². The Bertz CT molecular complexity index is 1410. The lowest BCUT2D eigenvalue weighted by Gasteiger charge is -2.34. The Hall–Kier alpha value is -3.17. The van der Waals surface area contributed by atoms with E-state index in [0.29, 0.717) is 23.1 Å². The number of nitrogens with one attached hydrogen (secondary N) is 1. The smallest absolute Gasteiger partial charge is 0.282 e. The molecule has 9 heteroatoms. The van der Waals surface area contributed by atoms with Gasteiger partial charge in [0, 0.05) is 30.8 Å². The van der Waals surface area contributed by atoms with Crippen LogP contribution in [0.4, 0.5) is 5.69 Å². The van der Waals surface area contributed by atoms with Gasteiger partial charge in [-0.2, -0.15) is 0 Å². The predicted molar refractivity (Wildman–Crippen MR) is 146 cm³/mol. The second kappa shape index (κ2) is 11.5. The lowest BCUT2D eigenvalue weighted by atomic mass is 9.98. The van der Waals surface area contributed by atoms with Crippen molar-refractivity contribution in [1.82, 2.24) is 9.78 Å². The summed E-state index contributed by atoms with van der Waals surface area (Å²) in [5, 5.41) is 14.7. The van der Waals surface area contributed by atoms with Crippen LogP contribution in [0.3, 0.4) is 0 Å². The zero-order valence-electron chi connectivity index (χ0n) is 20.3. The fourth-order valence-electron chi connectivity index (χ4n) is 4.60. The number of rotatable bonds is 8. The zero-order valence-corrected chi connectivity index (χ0v) is 21.9. The van der Waals surface area contributed by atoms with Crippen molar-refractivity contribution < 1.29 is 14.6 Å². The normalized spacial score (nSPS) is 16.6. The molecule has 1 aliphatic heterocycles. The number of morpholine rings is 1. The van der Waals surface area contributed by atoms with Crippen LogP contribution in [0, 0.1) is 0 Å². The number of halogens is 1. The van der Waals surface area contributed by atoms with Gasteiger partial charge in [-0.05, 0) is 35.4 Å². The zero-order chi connectivity index (χ0) is 25.8. The summed E-state index contributed by atoms with van der Waals surface area (Å²) in [6.45, 7) is 2.64. The lowest BCUT2D eigenvalue weighted by molar-refractivity contribution is -0.0100. The van der Waals surface area contributed by atoms with Crippen LogP contribution in [-0.2, 0) is 9.47 Å². The maximum atomic E-state index is 13.0. The summed E-state index contributed by atoms with van der Waals surface area (Å²) >= 11 is 7.46. The number of anilines is 1. The van der Waals surface area contributed by atoms with E-state index >= 15 is 0 Å². The molecule has 1 aliphatic rings. The Labute approximate surface area is 224 Å². The number of methoxy groups -OCH3 is 1. The minimum absolute atomic E-state index is 0.00145. The Morgan fingerprint density at radius 3 is 2.65 bits per heavy atom. The molecule has 1 fully saturated rings. The third-order valence-electron chi connectivity index (χ3n) is 6.32. The first kappa shape index (κ1) is 25.5. The van der Waals surface area contributed by atoms with Gasteiger partial charge in [-0.15, -0.1) is 0 Å². The number of aromatic amines is 1. The predicted octanol–water partition coefficient (Wildman–Crippen LogP) is 5.18. The van der Waals surface area contributed by atoms with Crippen LogP contribution in [0.2, 0.25) is 5.02 Å². The molecule has 0 amide bonds. The number of aromatic nitrogens is 2. The molecule has 1 aromatic heterocycles. The molecule has 2 atom stereocenters. The van der Waals surface area contributed by atoms with Crippen molar-refractivity contribution in [2.75, 3.05) is 38.3 Å². The average Bonchev–Trinajstić information content (AvgIpc) is 3.19. The fourth-order valence-corrected chi connectivity index (χ4v) is 5.71. The van der Waals surface area contributed by atoms with Crippen molar-refractivity contribution in [2.24, 2.45) is 0 Å². The van der Waals surface area contributed by atoms with Crippen LogP contribution < -0.4 is 10.5 Å². The van der Waals surface area contributed by atoms with Crippen molar-refractivity contribution in [1.29, 1.82) is 0 Å². The minimum Gasteiger partial charge on any atom is -0.493 e. The Kier molecular flexibility index (Phi) is 7.90. The number of H-pyrrole nitrogens is 1. The molecule has 2 heterocycles. The monoisotopic (exact) mass is 537 g/mol. The highest BCUT2D eigenvalue weighted by atomic mass is 35.5. The second-order valence-electron chi connectivity index (χ2n) is 8.80. The first-order valence-electron chi connectivity index (χ1n) is 12.0. The largest absolute Gasteiger partial charge is 0.493 e. The molecule has 2 unspecified atom stereocenters. The average molecular weight is 538 g/mol. The van der Waals surface area contributed by atoms with E-state index in [1.54, 1.807) is 13.2 Å². The summed E-state index contributed by atoms with van der Waals surface area (Å²) in [4.78, 5) is 16.2. The molecule has 7 nitrogen and oxygen atoms in total. The van der Waals surface area contributed by atoms with Crippen molar-refractivity contribution in [3.05, 3.63) is 105 Å². The Balaban J connectivity index is 1.54. The highest BCUT2D eigenvalue weighted by molar-refractivity contribution is 7.99. The van der Waals surface area contributed by atoms with E-state index in [9.17, 15) is 9.90 Å². The molecule has 4 aromatic rings. The maximum Gasteiger partial charge on any atom is 0.282 e. The van der Waals surface area contributed by atoms with E-state index in [1.807, 2.05) is 60.7 Å². The van der Waals surface area contributed by atoms with E-state index in [2.05, 4.69) is 22.1 Å². The number of hydrogen-bond acceptors (Lipinski definition) is 6. The van der Waals surface area contributed by atoms with Crippen LogP contribution in [0.1, 0.15) is 17.2 Å². The maximum absolute atomic E-state index is 13.0. The standard InChI is InChI=1S/C28H28ClN3O4S/c1-35-18-22-17-31(14-15-36-22)21-11-7-10-20(16-21)25(19-8-3-2-4-9-19)32-28(34)26(27(33)30-32)37-24-13-6-5-12-23(24)29/h2-13,16,22,25,34H,14-15,17-18H2,1H3,(H,30,33). The molecular weight excluding hydrogens is 510 g/mol. The van der Waals surface area contributed by atoms with E-state index in [0.717, 1.165) is 41.7 Å². The summed E-state index contributed by atoms with van der Waals surface area (Å²) < 4.78 is 12.6. The molecular formula is C28H28ClN3O4S. The Morgan fingerprint density at radius 1 is 1.11 bits per heavy atom. The molecule has 0 bridgehead atoms. The number of nitrogens with zero attached hydrogens (tertiary/aromatic N) is 2. The topological polar surface area (TPSA) is 79.7 Å². The molecule has 37 heavy (non-hydrogen) atoms. The molecule has 0 saturated carbocycles. The van der Waals surface area contributed by atoms with Crippen molar-refractivity contribution in [3.63, 3.8) is 0 Å². The second-order valence-corrected chi connectivity index (χ2v) is 10.3. The molecule has 2 N–H and O–H groups in total. The van der Waals surface area contributed by atoms with E-state index < -0.39 is 6.04 Å². The molecule has 1 saturated heterocycles. The van der Waals surface area contributed by atoms with Gasteiger partial charge < -0.3 is 19.5 Å². The van der Waals surface area contributed by atoms with Crippen molar-refractivity contribution in [2.45, 2.75) is 21.9 Å². The number of benzene rings is 3. The molecule has 0 spiro atoms. The summed E-state index contributed by atoms with van der Waals surface area (Å²) in [5.41, 5.74) is 2.52. The summed E-state index contributed by atoms with van der Waals surface area (Å²) in [6, 6.07) is 24.8. The third kappa shape index (κ3) is 5.57. The van der Waals surface area contributed by atoms with Gasteiger partial charge >= 0.3 is 0 Å². The summed E-state index contributed by atoms with van der Waals surface area (Å²) in [6.07, 6.45) is 0.00145. The van der Waals surface area contributed by atoms with E-state index in [1.165, 1.54) is 4.68 Å². The molecule has 192 valence electrons. The van der Waals surface area contributed by atoms with Gasteiger partial charge in [0.2, 0.25) is 5.88 Å². The fraction of sp³-hybridized carbons (Fsp3) is 0.250. The van der Waals surface area contributed by atoms with Gasteiger partial charge in [-0.25, -0.2) is 4.68 Å². The van der Waals surface area contributed by atoms with E-state index in [4.69, 9.17) is 21.1 Å². The van der Waals surface area contributed by atoms with Gasteiger partial charge in [-0.1, -0.05) is 78.0 Å². The van der Waals surface area contributed by atoms with Crippen LogP contribution in [0.25, 0.3) is 0 Å². The van der Waals surface area contributed by atoms with Crippen molar-refractivity contribution >= 4 is 29.1 Å². The van der Waals surface area contributed by atoms with Crippen LogP contribution in [0.5, 0.6) is 5.88 Å². The molecule has 0 radical (unpaired) electrons. The quantitative estimate of drug-likeness (QED) is 0.322. The molecule has 5 rings (SSSR count). The van der Waals surface area contributed by atoms with Gasteiger partial charge in [0.25, 0.3) is 5.56 Å². The van der Waals surface area contributed by atoms with Gasteiger partial charge in [0.05, 0.1) is 24.3 Å². The van der Waals surface area contributed by atoms with Crippen LogP contribution in [-0.4, -0.2) is 54.4 Å². The highest BCUT2D eigenvalue weighted by Crippen LogP contribution is 2.39. The Morgan fingerprint density at radius 2 is 1.86 bits per heavy atom. The summed E-state index contributed by atoms with van der Waals surface area (Å²) in [7, 11) is 1.68. The van der Waals surface area contributed by atoms with Crippen molar-refractivity contribution in [3.8, 4) is 5.88 Å². The highest BCUT2D eigenvalue weighted by Gasteiger charge is 2.26. The number of ether oxygens (including phenoxy) is 2. The first-order chi connectivity index (χ1) is 18.0. The SMILES string of the molecule is COCC1CN(c2cccc(C(c3ccccc3)n3[nH]c(=O)c(Sc4ccccc4Cl)c3O)c2)CCO1. The third-order valence-corrected chi connectivity index (χ3v) is 7.91. The number of hydrogen-bond donors (Lipinski definition) is 2. The lowest BCUT2D eigenvalue weighted by Crippen LogP contribution is -2.44. The van der Waals surface area contributed by atoms with E-state index in [-0.39, 0.29) is 22.4 Å². The van der Waals surface area contributed by atoms with Gasteiger partial charge in [-0.3, -0.25) is 9.89 Å². The van der Waals surface area contributed by atoms with Crippen LogP contribution >= 0.6 is 23.4 Å². The number of aromatic hydroxyl groups is 1. The molecule has 3 aromatic carbocycles. The summed E-state index contributed by atoms with van der Waals surface area (Å²) in [5.74, 6) is -0.138.